The van der Waals surface area contributed by atoms with Crippen molar-refractivity contribution in [2.75, 3.05) is 25.7 Å². The monoisotopic (exact) mass is 570 g/mol. The van der Waals surface area contributed by atoms with Crippen LogP contribution in [0.15, 0.2) is 116 Å². The van der Waals surface area contributed by atoms with E-state index in [0.717, 1.165) is 45.3 Å². The molecule has 7 heteroatoms. The maximum Gasteiger partial charge on any atom is 0.261 e. The number of amides is 2. The Balaban J connectivity index is 1.26. The standard InChI is InChI=1S/C36H32N3O4/c1-37-21-18-25(19-22-37)20-23-38-35(40)33-17-6-27(24-34(33)36(38)41)26-4-7-28(8-5-26)39(29-9-13-31(42-2)14-10-29)30-11-15-32(43-3)16-12-30/h4-19,21-22,24H,20,23H2,1-3H3/q+1. The Bertz CT molecular complexity index is 1720. The zero-order valence-electron chi connectivity index (χ0n) is 24.4. The normalized spacial score (nSPS) is 12.3. The lowest BCUT2D eigenvalue weighted by Crippen LogP contribution is -2.32. The molecule has 2 amide bonds. The van der Waals surface area contributed by atoms with Crippen molar-refractivity contribution in [2.45, 2.75) is 6.42 Å². The van der Waals surface area contributed by atoms with Gasteiger partial charge in [0.1, 0.15) is 18.5 Å². The van der Waals surface area contributed by atoms with Crippen molar-refractivity contribution in [3.63, 3.8) is 0 Å². The number of pyridine rings is 1. The Labute approximate surface area is 251 Å². The van der Waals surface area contributed by atoms with E-state index in [1.807, 2.05) is 109 Å². The molecule has 7 nitrogen and oxygen atoms in total. The highest BCUT2D eigenvalue weighted by Crippen LogP contribution is 2.37. The quantitative estimate of drug-likeness (QED) is 0.150. The minimum atomic E-state index is -0.245. The van der Waals surface area contributed by atoms with Gasteiger partial charge in [0.2, 0.25) is 0 Å². The first-order chi connectivity index (χ1) is 20.9. The minimum absolute atomic E-state index is 0.238. The lowest BCUT2D eigenvalue weighted by Gasteiger charge is -2.26. The molecule has 0 atom stereocenters. The SMILES string of the molecule is COc1ccc(N(c2ccc(OC)cc2)c2ccc(-c3ccc4c(c3)C(=O)N(CCc3cc[n+](C)cc3)C4=O)cc2)cc1. The topological polar surface area (TPSA) is 63.0 Å². The average molecular weight is 571 g/mol. The Hall–Kier alpha value is -5.43. The number of anilines is 3. The van der Waals surface area contributed by atoms with Gasteiger partial charge in [0.05, 0.1) is 25.3 Å². The third-order valence-corrected chi connectivity index (χ3v) is 7.76. The predicted octanol–water partition coefficient (Wildman–Crippen LogP) is 6.50. The lowest BCUT2D eigenvalue weighted by molar-refractivity contribution is -0.671. The molecule has 0 saturated carbocycles. The number of carbonyl (C=O) groups is 2. The van der Waals surface area contributed by atoms with Crippen LogP contribution < -0.4 is 18.9 Å². The number of benzene rings is 4. The van der Waals surface area contributed by atoms with E-state index in [-0.39, 0.29) is 11.8 Å². The number of imide groups is 1. The van der Waals surface area contributed by atoms with E-state index in [1.54, 1.807) is 20.3 Å². The molecule has 0 spiro atoms. The van der Waals surface area contributed by atoms with E-state index in [1.165, 1.54) is 4.90 Å². The highest BCUT2D eigenvalue weighted by Gasteiger charge is 2.35. The second kappa shape index (κ2) is 11.8. The molecule has 1 aliphatic heterocycles. The van der Waals surface area contributed by atoms with Crippen molar-refractivity contribution in [1.82, 2.24) is 4.90 Å². The molecule has 0 radical (unpaired) electrons. The summed E-state index contributed by atoms with van der Waals surface area (Å²) in [6.45, 7) is 0.344. The first kappa shape index (κ1) is 27.7. The largest absolute Gasteiger partial charge is 0.497 e. The number of aromatic nitrogens is 1. The molecule has 1 aromatic heterocycles. The van der Waals surface area contributed by atoms with Crippen LogP contribution in [0.4, 0.5) is 17.1 Å². The Morgan fingerprint density at radius 3 is 1.65 bits per heavy atom. The fourth-order valence-corrected chi connectivity index (χ4v) is 5.33. The van der Waals surface area contributed by atoms with Crippen LogP contribution >= 0.6 is 0 Å². The summed E-state index contributed by atoms with van der Waals surface area (Å²) in [5.74, 6) is 1.08. The first-order valence-electron chi connectivity index (χ1n) is 14.1. The van der Waals surface area contributed by atoms with Crippen molar-refractivity contribution in [3.05, 3.63) is 132 Å². The van der Waals surface area contributed by atoms with Crippen LogP contribution in [-0.4, -0.2) is 37.5 Å². The van der Waals surface area contributed by atoms with E-state index in [2.05, 4.69) is 17.0 Å². The lowest BCUT2D eigenvalue weighted by atomic mass is 10.00. The number of carbonyl (C=O) groups excluding carboxylic acids is 2. The zero-order valence-corrected chi connectivity index (χ0v) is 24.4. The molecular weight excluding hydrogens is 538 g/mol. The fourth-order valence-electron chi connectivity index (χ4n) is 5.33. The summed E-state index contributed by atoms with van der Waals surface area (Å²) in [5, 5.41) is 0. The summed E-state index contributed by atoms with van der Waals surface area (Å²) < 4.78 is 12.7. The van der Waals surface area contributed by atoms with Gasteiger partial charge in [-0.25, -0.2) is 4.57 Å². The maximum atomic E-state index is 13.3. The second-order valence-corrected chi connectivity index (χ2v) is 10.4. The van der Waals surface area contributed by atoms with Gasteiger partial charge in [-0.15, -0.1) is 0 Å². The second-order valence-electron chi connectivity index (χ2n) is 10.4. The molecule has 0 bridgehead atoms. The molecule has 1 aliphatic rings. The van der Waals surface area contributed by atoms with Gasteiger partial charge in [-0.3, -0.25) is 14.5 Å². The van der Waals surface area contributed by atoms with Crippen molar-refractivity contribution in [2.24, 2.45) is 7.05 Å². The summed E-state index contributed by atoms with van der Waals surface area (Å²) in [4.78, 5) is 29.9. The third kappa shape index (κ3) is 5.57. The molecule has 0 fully saturated rings. The molecule has 0 unspecified atom stereocenters. The molecular formula is C36H32N3O4+. The third-order valence-electron chi connectivity index (χ3n) is 7.76. The number of nitrogens with zero attached hydrogens (tertiary/aromatic N) is 3. The van der Waals surface area contributed by atoms with E-state index < -0.39 is 0 Å². The van der Waals surface area contributed by atoms with Gasteiger partial charge < -0.3 is 14.4 Å². The van der Waals surface area contributed by atoms with Gasteiger partial charge in [0, 0.05) is 35.7 Å². The molecule has 2 heterocycles. The number of methoxy groups -OCH3 is 2. The summed E-state index contributed by atoms with van der Waals surface area (Å²) in [6, 6.07) is 33.5. The van der Waals surface area contributed by atoms with Crippen LogP contribution in [0.2, 0.25) is 0 Å². The van der Waals surface area contributed by atoms with Crippen LogP contribution in [0, 0.1) is 0 Å². The highest BCUT2D eigenvalue weighted by atomic mass is 16.5. The van der Waals surface area contributed by atoms with Crippen molar-refractivity contribution in [3.8, 4) is 22.6 Å². The Morgan fingerprint density at radius 2 is 1.12 bits per heavy atom. The average Bonchev–Trinajstić information content (AvgIpc) is 3.29. The molecule has 0 saturated heterocycles. The number of aryl methyl sites for hydroxylation is 1. The molecule has 0 N–H and O–H groups in total. The Morgan fingerprint density at radius 1 is 0.628 bits per heavy atom. The molecule has 214 valence electrons. The fraction of sp³-hybridized carbons (Fsp3) is 0.139. The van der Waals surface area contributed by atoms with Crippen LogP contribution in [0.1, 0.15) is 26.3 Å². The highest BCUT2D eigenvalue weighted by molar-refractivity contribution is 6.21. The smallest absolute Gasteiger partial charge is 0.261 e. The van der Waals surface area contributed by atoms with Crippen molar-refractivity contribution in [1.29, 1.82) is 0 Å². The zero-order chi connectivity index (χ0) is 29.9. The van der Waals surface area contributed by atoms with Gasteiger partial charge in [-0.2, -0.15) is 0 Å². The molecule has 4 aromatic carbocycles. The number of ether oxygens (including phenoxy) is 2. The number of fused-ring (bicyclic) bond motifs is 1. The molecule has 6 rings (SSSR count). The summed E-state index contributed by atoms with van der Waals surface area (Å²) in [6.07, 6.45) is 4.53. The van der Waals surface area contributed by atoms with E-state index >= 15 is 0 Å². The Kier molecular flexibility index (Phi) is 7.62. The summed E-state index contributed by atoms with van der Waals surface area (Å²) in [7, 11) is 5.26. The maximum absolute atomic E-state index is 13.3. The van der Waals surface area contributed by atoms with Gasteiger partial charge >= 0.3 is 0 Å². The van der Waals surface area contributed by atoms with Gasteiger partial charge in [-0.05, 0) is 95.9 Å². The van der Waals surface area contributed by atoms with Gasteiger partial charge in [0.15, 0.2) is 12.4 Å². The van der Waals surface area contributed by atoms with Crippen molar-refractivity contribution >= 4 is 28.9 Å². The van der Waals surface area contributed by atoms with Gasteiger partial charge in [-0.1, -0.05) is 18.2 Å². The number of hydrogen-bond acceptors (Lipinski definition) is 5. The van der Waals surface area contributed by atoms with Crippen LogP contribution in [0.3, 0.4) is 0 Å². The molecule has 0 aliphatic carbocycles. The van der Waals surface area contributed by atoms with E-state index in [9.17, 15) is 9.59 Å². The number of rotatable bonds is 9. The summed E-state index contributed by atoms with van der Waals surface area (Å²) >= 11 is 0. The predicted molar refractivity (Wildman–Crippen MR) is 166 cm³/mol. The molecule has 43 heavy (non-hydrogen) atoms. The minimum Gasteiger partial charge on any atom is -0.497 e. The first-order valence-corrected chi connectivity index (χ1v) is 14.1. The van der Waals surface area contributed by atoms with E-state index in [4.69, 9.17) is 9.47 Å². The van der Waals surface area contributed by atoms with Crippen molar-refractivity contribution < 1.29 is 23.6 Å². The number of hydrogen-bond donors (Lipinski definition) is 0. The van der Waals surface area contributed by atoms with Crippen LogP contribution in [-0.2, 0) is 13.5 Å². The van der Waals surface area contributed by atoms with Gasteiger partial charge in [0.25, 0.3) is 11.8 Å². The van der Waals surface area contributed by atoms with Crippen LogP contribution in [0.25, 0.3) is 11.1 Å². The molecule has 5 aromatic rings. The van der Waals surface area contributed by atoms with E-state index in [0.29, 0.717) is 24.1 Å². The summed E-state index contributed by atoms with van der Waals surface area (Å²) in [5.41, 5.74) is 6.73. The van der Waals surface area contributed by atoms with Crippen LogP contribution in [0.5, 0.6) is 11.5 Å².